The maximum absolute atomic E-state index is 12.3. The van der Waals surface area contributed by atoms with E-state index in [-0.39, 0.29) is 31.4 Å². The molecule has 0 bridgehead atoms. The third-order valence-corrected chi connectivity index (χ3v) is 5.14. The zero-order chi connectivity index (χ0) is 17.5. The van der Waals surface area contributed by atoms with Gasteiger partial charge in [0.1, 0.15) is 0 Å². The molecule has 5 rings (SSSR count). The normalized spacial score (nSPS) is 22.5. The molecule has 3 aliphatic rings. The Morgan fingerprint density at radius 2 is 1.31 bits per heavy atom. The number of fused-ring (bicyclic) bond motifs is 2. The van der Waals surface area contributed by atoms with Gasteiger partial charge in [-0.25, -0.2) is 0 Å². The van der Waals surface area contributed by atoms with E-state index in [1.54, 1.807) is 0 Å². The van der Waals surface area contributed by atoms with Gasteiger partial charge in [0.2, 0.25) is 13.6 Å². The Labute approximate surface area is 150 Å². The highest BCUT2D eigenvalue weighted by molar-refractivity contribution is 5.75. The minimum Gasteiger partial charge on any atom is -0.465 e. The van der Waals surface area contributed by atoms with E-state index in [2.05, 4.69) is 0 Å². The van der Waals surface area contributed by atoms with E-state index < -0.39 is 0 Å². The lowest BCUT2D eigenvalue weighted by molar-refractivity contribution is -0.141. The van der Waals surface area contributed by atoms with Gasteiger partial charge in [0.25, 0.3) is 0 Å². The Bertz CT molecular complexity index is 861. The summed E-state index contributed by atoms with van der Waals surface area (Å²) in [6, 6.07) is 11.8. The maximum atomic E-state index is 12.3. The number of hydrogen-bond acceptors (Lipinski definition) is 6. The molecule has 26 heavy (non-hydrogen) atoms. The number of rotatable bonds is 4. The topological polar surface area (TPSA) is 63.2 Å². The lowest BCUT2D eigenvalue weighted by Gasteiger charge is -2.16. The van der Waals surface area contributed by atoms with E-state index in [4.69, 9.17) is 23.7 Å². The van der Waals surface area contributed by atoms with Crippen molar-refractivity contribution in [1.82, 2.24) is 0 Å². The van der Waals surface area contributed by atoms with Crippen LogP contribution < -0.4 is 18.9 Å². The van der Waals surface area contributed by atoms with Crippen molar-refractivity contribution in [2.45, 2.75) is 12.8 Å². The molecular formula is C20H18O6. The van der Waals surface area contributed by atoms with Crippen LogP contribution in [-0.4, -0.2) is 26.2 Å². The summed E-state index contributed by atoms with van der Waals surface area (Å²) in [6.07, 6.45) is 1.39. The average Bonchev–Trinajstić information content (AvgIpc) is 3.37. The second-order valence-electron chi connectivity index (χ2n) is 6.78. The lowest BCUT2D eigenvalue weighted by Crippen LogP contribution is -2.20. The Kier molecular flexibility index (Phi) is 3.62. The van der Waals surface area contributed by atoms with Gasteiger partial charge >= 0.3 is 5.97 Å². The summed E-state index contributed by atoms with van der Waals surface area (Å²) in [6.45, 7) is 0.954. The SMILES string of the molecule is O=C1OC[C@@H](Cc2ccc3c(c2)OCO3)[C@H]1Cc1ccc2c(c1)OCO2. The summed E-state index contributed by atoms with van der Waals surface area (Å²) >= 11 is 0. The van der Waals surface area contributed by atoms with Crippen LogP contribution in [-0.2, 0) is 22.4 Å². The summed E-state index contributed by atoms with van der Waals surface area (Å²) in [7, 11) is 0. The minimum absolute atomic E-state index is 0.131. The van der Waals surface area contributed by atoms with E-state index in [1.807, 2.05) is 36.4 Å². The van der Waals surface area contributed by atoms with Gasteiger partial charge in [0.05, 0.1) is 12.5 Å². The fourth-order valence-electron chi connectivity index (χ4n) is 3.75. The molecule has 6 heteroatoms. The van der Waals surface area contributed by atoms with Crippen LogP contribution in [0.5, 0.6) is 23.0 Å². The maximum Gasteiger partial charge on any atom is 0.309 e. The van der Waals surface area contributed by atoms with Crippen molar-refractivity contribution >= 4 is 5.97 Å². The zero-order valence-electron chi connectivity index (χ0n) is 14.1. The standard InChI is InChI=1S/C20H18O6/c21-20-15(6-13-2-4-17-19(8-13)26-11-24-17)14(9-22-20)5-12-1-3-16-18(7-12)25-10-23-16/h1-4,7-8,14-15H,5-6,9-11H2/t14-,15-/m1/s1. The third-order valence-electron chi connectivity index (χ3n) is 5.14. The molecule has 3 heterocycles. The van der Waals surface area contributed by atoms with E-state index >= 15 is 0 Å². The van der Waals surface area contributed by atoms with Gasteiger partial charge in [0.15, 0.2) is 23.0 Å². The number of hydrogen-bond donors (Lipinski definition) is 0. The molecule has 2 atom stereocenters. The lowest BCUT2D eigenvalue weighted by atomic mass is 9.85. The van der Waals surface area contributed by atoms with E-state index in [9.17, 15) is 4.79 Å². The molecule has 0 radical (unpaired) electrons. The van der Waals surface area contributed by atoms with Gasteiger partial charge in [-0.05, 0) is 48.2 Å². The molecule has 3 aliphatic heterocycles. The van der Waals surface area contributed by atoms with Gasteiger partial charge in [-0.1, -0.05) is 12.1 Å². The molecule has 0 aliphatic carbocycles. The minimum atomic E-state index is -0.166. The van der Waals surface area contributed by atoms with Crippen molar-refractivity contribution in [2.24, 2.45) is 11.8 Å². The first-order valence-corrected chi connectivity index (χ1v) is 8.70. The zero-order valence-corrected chi connectivity index (χ0v) is 14.1. The predicted molar refractivity (Wildman–Crippen MR) is 90.5 cm³/mol. The van der Waals surface area contributed by atoms with E-state index in [0.717, 1.165) is 40.5 Å². The molecule has 0 saturated carbocycles. The Morgan fingerprint density at radius 3 is 1.96 bits per heavy atom. The molecule has 2 aromatic carbocycles. The van der Waals surface area contributed by atoms with Gasteiger partial charge in [-0.3, -0.25) is 4.79 Å². The molecule has 134 valence electrons. The monoisotopic (exact) mass is 354 g/mol. The second-order valence-corrected chi connectivity index (χ2v) is 6.78. The Morgan fingerprint density at radius 1 is 0.731 bits per heavy atom. The molecule has 2 aromatic rings. The van der Waals surface area contributed by atoms with Gasteiger partial charge in [0, 0.05) is 5.92 Å². The van der Waals surface area contributed by atoms with Crippen LogP contribution in [0.25, 0.3) is 0 Å². The fourth-order valence-corrected chi connectivity index (χ4v) is 3.75. The fraction of sp³-hybridized carbons (Fsp3) is 0.350. The van der Waals surface area contributed by atoms with Crippen molar-refractivity contribution in [2.75, 3.05) is 20.2 Å². The molecule has 0 aromatic heterocycles. The van der Waals surface area contributed by atoms with Crippen molar-refractivity contribution in [3.05, 3.63) is 47.5 Å². The highest BCUT2D eigenvalue weighted by atomic mass is 16.7. The summed E-state index contributed by atoms with van der Waals surface area (Å²) in [5.41, 5.74) is 2.17. The number of benzene rings is 2. The smallest absolute Gasteiger partial charge is 0.309 e. The molecule has 1 fully saturated rings. The summed E-state index contributed by atoms with van der Waals surface area (Å²) in [5.74, 6) is 2.85. The molecule has 6 nitrogen and oxygen atoms in total. The molecule has 0 unspecified atom stereocenters. The van der Waals surface area contributed by atoms with Gasteiger partial charge < -0.3 is 23.7 Å². The van der Waals surface area contributed by atoms with Crippen LogP contribution in [0, 0.1) is 11.8 Å². The number of carbonyl (C=O) groups excluding carboxylic acids is 1. The van der Waals surface area contributed by atoms with Gasteiger partial charge in [-0.15, -0.1) is 0 Å². The van der Waals surface area contributed by atoms with Crippen molar-refractivity contribution < 1.29 is 28.5 Å². The Balaban J connectivity index is 1.33. The van der Waals surface area contributed by atoms with Crippen molar-refractivity contribution in [1.29, 1.82) is 0 Å². The quantitative estimate of drug-likeness (QED) is 0.787. The first-order chi connectivity index (χ1) is 12.8. The molecule has 1 saturated heterocycles. The number of esters is 1. The summed E-state index contributed by atoms with van der Waals surface area (Å²) in [5, 5.41) is 0. The number of ether oxygens (including phenoxy) is 5. The van der Waals surface area contributed by atoms with E-state index in [0.29, 0.717) is 13.0 Å². The first kappa shape index (κ1) is 15.4. The highest BCUT2D eigenvalue weighted by Gasteiger charge is 2.37. The van der Waals surface area contributed by atoms with Crippen LogP contribution in [0.3, 0.4) is 0 Å². The van der Waals surface area contributed by atoms with Gasteiger partial charge in [-0.2, -0.15) is 0 Å². The largest absolute Gasteiger partial charge is 0.465 e. The average molecular weight is 354 g/mol. The molecular weight excluding hydrogens is 336 g/mol. The number of cyclic esters (lactones) is 1. The van der Waals surface area contributed by atoms with Crippen molar-refractivity contribution in [3.63, 3.8) is 0 Å². The summed E-state index contributed by atoms with van der Waals surface area (Å²) in [4.78, 5) is 12.3. The highest BCUT2D eigenvalue weighted by Crippen LogP contribution is 2.37. The van der Waals surface area contributed by atoms with Crippen LogP contribution in [0.15, 0.2) is 36.4 Å². The van der Waals surface area contributed by atoms with Crippen LogP contribution in [0.1, 0.15) is 11.1 Å². The van der Waals surface area contributed by atoms with Crippen LogP contribution in [0.4, 0.5) is 0 Å². The molecule has 0 amide bonds. The molecule has 0 N–H and O–H groups in total. The number of carbonyl (C=O) groups is 1. The predicted octanol–water partition coefficient (Wildman–Crippen LogP) is 2.72. The first-order valence-electron chi connectivity index (χ1n) is 8.70. The van der Waals surface area contributed by atoms with Crippen LogP contribution >= 0.6 is 0 Å². The van der Waals surface area contributed by atoms with Crippen LogP contribution in [0.2, 0.25) is 0 Å². The van der Waals surface area contributed by atoms with Crippen molar-refractivity contribution in [3.8, 4) is 23.0 Å². The Hall–Kier alpha value is -2.89. The second kappa shape index (κ2) is 6.12. The molecule has 0 spiro atoms. The van der Waals surface area contributed by atoms with E-state index in [1.165, 1.54) is 0 Å². The third kappa shape index (κ3) is 2.71. The summed E-state index contributed by atoms with van der Waals surface area (Å²) < 4.78 is 26.9.